The van der Waals surface area contributed by atoms with Crippen LogP contribution in [0, 0.1) is 10.7 Å². The van der Waals surface area contributed by atoms with E-state index in [2.05, 4.69) is 0 Å². The molecule has 0 fully saturated rings. The van der Waals surface area contributed by atoms with Crippen LogP contribution in [0.5, 0.6) is 0 Å². The molecule has 0 aliphatic heterocycles. The highest BCUT2D eigenvalue weighted by Gasteiger charge is 1.96. The summed E-state index contributed by atoms with van der Waals surface area (Å²) in [4.78, 5) is 10.0. The SMILES string of the molecule is C/C(=C/SC#N)C(=O)O. The van der Waals surface area contributed by atoms with Crippen molar-refractivity contribution >= 4 is 17.7 Å². The maximum Gasteiger partial charge on any atom is 0.331 e. The number of nitriles is 1. The van der Waals surface area contributed by atoms with Crippen molar-refractivity contribution in [2.24, 2.45) is 0 Å². The van der Waals surface area contributed by atoms with E-state index in [4.69, 9.17) is 10.4 Å². The van der Waals surface area contributed by atoms with Crippen molar-refractivity contribution < 1.29 is 9.90 Å². The van der Waals surface area contributed by atoms with Gasteiger partial charge in [-0.15, -0.1) is 0 Å². The molecule has 0 unspecified atom stereocenters. The van der Waals surface area contributed by atoms with Gasteiger partial charge in [0.05, 0.1) is 0 Å². The second kappa shape index (κ2) is 3.98. The first kappa shape index (κ1) is 8.05. The molecule has 9 heavy (non-hydrogen) atoms. The molecule has 0 rings (SSSR count). The molecule has 0 aromatic rings. The largest absolute Gasteiger partial charge is 0.478 e. The Morgan fingerprint density at radius 3 is 2.78 bits per heavy atom. The number of thiocyanates is 1. The van der Waals surface area contributed by atoms with Crippen LogP contribution in [0.25, 0.3) is 0 Å². The van der Waals surface area contributed by atoms with Gasteiger partial charge in [-0.25, -0.2) is 4.79 Å². The van der Waals surface area contributed by atoms with Crippen molar-refractivity contribution in [3.63, 3.8) is 0 Å². The fraction of sp³-hybridized carbons (Fsp3) is 0.200. The van der Waals surface area contributed by atoms with Crippen LogP contribution in [0.4, 0.5) is 0 Å². The van der Waals surface area contributed by atoms with Crippen LogP contribution in [0.3, 0.4) is 0 Å². The second-order valence-electron chi connectivity index (χ2n) is 1.32. The summed E-state index contributed by atoms with van der Waals surface area (Å²) in [5, 5.41) is 19.2. The van der Waals surface area contributed by atoms with Gasteiger partial charge in [0.15, 0.2) is 0 Å². The average molecular weight is 143 g/mol. The molecule has 3 nitrogen and oxygen atoms in total. The summed E-state index contributed by atoms with van der Waals surface area (Å²) in [6.07, 6.45) is 0. The van der Waals surface area contributed by atoms with E-state index < -0.39 is 5.97 Å². The summed E-state index contributed by atoms with van der Waals surface area (Å²) in [6, 6.07) is 0. The maximum absolute atomic E-state index is 10.0. The number of rotatable bonds is 2. The van der Waals surface area contributed by atoms with Crippen molar-refractivity contribution in [1.82, 2.24) is 0 Å². The Morgan fingerprint density at radius 2 is 2.44 bits per heavy atom. The lowest BCUT2D eigenvalue weighted by Crippen LogP contribution is -1.94. The molecular weight excluding hydrogens is 138 g/mol. The summed E-state index contributed by atoms with van der Waals surface area (Å²) in [5.41, 5.74) is 0.182. The molecule has 0 heterocycles. The third-order valence-electron chi connectivity index (χ3n) is 0.626. The second-order valence-corrected chi connectivity index (χ2v) is 1.97. The Bertz CT molecular complexity index is 180. The summed E-state index contributed by atoms with van der Waals surface area (Å²) in [7, 11) is 0. The Hall–Kier alpha value is -0.950. The van der Waals surface area contributed by atoms with Gasteiger partial charge in [0.25, 0.3) is 0 Å². The quantitative estimate of drug-likeness (QED) is 0.466. The molecular formula is C5H5NO2S. The average Bonchev–Trinajstić information content (AvgIpc) is 1.82. The Balaban J connectivity index is 3.88. The molecule has 4 heteroatoms. The van der Waals surface area contributed by atoms with E-state index >= 15 is 0 Å². The molecule has 48 valence electrons. The normalized spacial score (nSPS) is 10.4. The number of aliphatic carboxylic acids is 1. The zero-order chi connectivity index (χ0) is 7.28. The summed E-state index contributed by atoms with van der Waals surface area (Å²) >= 11 is 0.807. The third-order valence-corrected chi connectivity index (χ3v) is 1.20. The number of carbonyl (C=O) groups is 1. The third kappa shape index (κ3) is 3.62. The van der Waals surface area contributed by atoms with Crippen LogP contribution >= 0.6 is 11.8 Å². The van der Waals surface area contributed by atoms with E-state index in [9.17, 15) is 4.79 Å². The number of hydrogen-bond acceptors (Lipinski definition) is 3. The Kier molecular flexibility index (Phi) is 3.56. The van der Waals surface area contributed by atoms with Gasteiger partial charge in [-0.1, -0.05) is 0 Å². The fourth-order valence-corrected chi connectivity index (χ4v) is 0.495. The minimum absolute atomic E-state index is 0.182. The maximum atomic E-state index is 10.0. The number of hydrogen-bond donors (Lipinski definition) is 1. The zero-order valence-electron chi connectivity index (χ0n) is 4.79. The van der Waals surface area contributed by atoms with Gasteiger partial charge in [0.1, 0.15) is 5.40 Å². The van der Waals surface area contributed by atoms with Crippen LogP contribution in [-0.4, -0.2) is 11.1 Å². The predicted octanol–water partition coefficient (Wildman–Crippen LogP) is 1.19. The molecule has 0 spiro atoms. The minimum atomic E-state index is -0.988. The molecule has 0 amide bonds. The first-order valence-corrected chi connectivity index (χ1v) is 3.01. The van der Waals surface area contributed by atoms with E-state index in [-0.39, 0.29) is 5.57 Å². The van der Waals surface area contributed by atoms with E-state index in [0.29, 0.717) is 0 Å². The predicted molar refractivity (Wildman–Crippen MR) is 34.6 cm³/mol. The van der Waals surface area contributed by atoms with E-state index in [1.165, 1.54) is 12.3 Å². The molecule has 0 aromatic carbocycles. The van der Waals surface area contributed by atoms with Gasteiger partial charge in [-0.05, 0) is 24.1 Å². The molecule has 0 saturated heterocycles. The number of carboxylic acids is 1. The van der Waals surface area contributed by atoms with Crippen molar-refractivity contribution in [2.45, 2.75) is 6.92 Å². The van der Waals surface area contributed by atoms with Crippen molar-refractivity contribution in [1.29, 1.82) is 5.26 Å². The standard InChI is InChI=1S/C5H5NO2S/c1-4(5(7)8)2-9-3-6/h2H,1H3,(H,7,8)/b4-2-. The molecule has 0 saturated carbocycles. The minimum Gasteiger partial charge on any atom is -0.478 e. The lowest BCUT2D eigenvalue weighted by Gasteiger charge is -1.85. The zero-order valence-corrected chi connectivity index (χ0v) is 5.60. The van der Waals surface area contributed by atoms with Gasteiger partial charge in [0, 0.05) is 5.57 Å². The van der Waals surface area contributed by atoms with Crippen molar-refractivity contribution in [3.8, 4) is 5.40 Å². The molecule has 0 radical (unpaired) electrons. The monoisotopic (exact) mass is 143 g/mol. The van der Waals surface area contributed by atoms with Crippen LogP contribution < -0.4 is 0 Å². The molecule has 1 N–H and O–H groups in total. The van der Waals surface area contributed by atoms with Gasteiger partial charge in [0.2, 0.25) is 0 Å². The molecule has 0 aliphatic rings. The lowest BCUT2D eigenvalue weighted by atomic mass is 10.4. The topological polar surface area (TPSA) is 61.1 Å². The number of nitrogens with zero attached hydrogens (tertiary/aromatic N) is 1. The fourth-order valence-electron chi connectivity index (χ4n) is 0.165. The summed E-state index contributed by atoms with van der Waals surface area (Å²) in [5.74, 6) is -0.988. The summed E-state index contributed by atoms with van der Waals surface area (Å²) < 4.78 is 0. The molecule has 0 aliphatic carbocycles. The van der Waals surface area contributed by atoms with E-state index in [1.807, 2.05) is 0 Å². The smallest absolute Gasteiger partial charge is 0.331 e. The molecule has 0 atom stereocenters. The van der Waals surface area contributed by atoms with Gasteiger partial charge in [-0.2, -0.15) is 5.26 Å². The van der Waals surface area contributed by atoms with Crippen LogP contribution in [-0.2, 0) is 4.79 Å². The number of carboxylic acid groups (broad SMARTS) is 1. The lowest BCUT2D eigenvalue weighted by molar-refractivity contribution is -0.132. The first-order chi connectivity index (χ1) is 4.18. The highest BCUT2D eigenvalue weighted by Crippen LogP contribution is 2.03. The Morgan fingerprint density at radius 1 is 1.89 bits per heavy atom. The van der Waals surface area contributed by atoms with Gasteiger partial charge < -0.3 is 5.11 Å². The molecule has 0 bridgehead atoms. The molecule has 0 aromatic heterocycles. The van der Waals surface area contributed by atoms with Crippen LogP contribution in [0.15, 0.2) is 11.0 Å². The van der Waals surface area contributed by atoms with Gasteiger partial charge in [-0.3, -0.25) is 0 Å². The van der Waals surface area contributed by atoms with E-state index in [0.717, 1.165) is 11.8 Å². The highest BCUT2D eigenvalue weighted by atomic mass is 32.2. The van der Waals surface area contributed by atoms with Crippen molar-refractivity contribution in [3.05, 3.63) is 11.0 Å². The number of thioether (sulfide) groups is 1. The highest BCUT2D eigenvalue weighted by molar-refractivity contribution is 8.06. The van der Waals surface area contributed by atoms with Crippen LogP contribution in [0.1, 0.15) is 6.92 Å². The summed E-state index contributed by atoms with van der Waals surface area (Å²) in [6.45, 7) is 1.44. The Labute approximate surface area is 57.0 Å². The van der Waals surface area contributed by atoms with Crippen molar-refractivity contribution in [2.75, 3.05) is 0 Å². The van der Waals surface area contributed by atoms with Crippen LogP contribution in [0.2, 0.25) is 0 Å². The van der Waals surface area contributed by atoms with Gasteiger partial charge >= 0.3 is 5.97 Å². The van der Waals surface area contributed by atoms with E-state index in [1.54, 1.807) is 5.40 Å². The first-order valence-electron chi connectivity index (χ1n) is 2.13.